The molecule has 2 heterocycles. The smallest absolute Gasteiger partial charge is 0.0594 e. The molecule has 2 aliphatic heterocycles. The van der Waals surface area contributed by atoms with Crippen molar-refractivity contribution in [1.29, 1.82) is 0 Å². The molecule has 1 fully saturated rings. The van der Waals surface area contributed by atoms with E-state index in [2.05, 4.69) is 42.3 Å². The number of hydrogen-bond donors (Lipinski definition) is 1. The molecule has 0 radical (unpaired) electrons. The summed E-state index contributed by atoms with van der Waals surface area (Å²) in [4.78, 5) is 2.59. The molecule has 1 aromatic rings. The molecular formula is C16H24N2O. The van der Waals surface area contributed by atoms with Crippen LogP contribution in [0.1, 0.15) is 43.4 Å². The molecule has 0 amide bonds. The summed E-state index contributed by atoms with van der Waals surface area (Å²) in [5.41, 5.74) is 4.26. The standard InChI is InChI=1S/C16H24N2O/c1-12(2)13-3-4-15-14(11-13)16(5-6-17-15)18-7-9-19-10-8-18/h3-4,11-12,16-17H,5-10H2,1-2H3. The van der Waals surface area contributed by atoms with Gasteiger partial charge in [0.1, 0.15) is 0 Å². The quantitative estimate of drug-likeness (QED) is 0.884. The van der Waals surface area contributed by atoms with E-state index in [0.717, 1.165) is 32.8 Å². The molecule has 104 valence electrons. The van der Waals surface area contributed by atoms with Crippen LogP contribution in [-0.2, 0) is 4.74 Å². The highest BCUT2D eigenvalue weighted by molar-refractivity contribution is 5.56. The first-order valence-corrected chi connectivity index (χ1v) is 7.45. The fraction of sp³-hybridized carbons (Fsp3) is 0.625. The summed E-state index contributed by atoms with van der Waals surface area (Å²) in [6.45, 7) is 9.50. The van der Waals surface area contributed by atoms with Crippen LogP contribution in [0.3, 0.4) is 0 Å². The Labute approximate surface area is 115 Å². The zero-order chi connectivity index (χ0) is 13.2. The van der Waals surface area contributed by atoms with Crippen LogP contribution in [0.15, 0.2) is 18.2 Å². The minimum absolute atomic E-state index is 0.568. The van der Waals surface area contributed by atoms with E-state index in [4.69, 9.17) is 4.74 Å². The van der Waals surface area contributed by atoms with Crippen molar-refractivity contribution in [3.63, 3.8) is 0 Å². The molecule has 0 spiro atoms. The monoisotopic (exact) mass is 260 g/mol. The zero-order valence-corrected chi connectivity index (χ0v) is 12.0. The Morgan fingerprint density at radius 3 is 2.79 bits per heavy atom. The number of benzene rings is 1. The molecular weight excluding hydrogens is 236 g/mol. The van der Waals surface area contributed by atoms with Gasteiger partial charge in [-0.3, -0.25) is 4.90 Å². The van der Waals surface area contributed by atoms with E-state index in [0.29, 0.717) is 12.0 Å². The molecule has 0 aliphatic carbocycles. The van der Waals surface area contributed by atoms with Crippen molar-refractivity contribution in [3.8, 4) is 0 Å². The van der Waals surface area contributed by atoms with Crippen molar-refractivity contribution in [2.75, 3.05) is 38.2 Å². The number of nitrogens with zero attached hydrogens (tertiary/aromatic N) is 1. The third-order valence-electron chi connectivity index (χ3n) is 4.32. The topological polar surface area (TPSA) is 24.5 Å². The Morgan fingerprint density at radius 2 is 2.05 bits per heavy atom. The number of ether oxygens (including phenoxy) is 1. The highest BCUT2D eigenvalue weighted by atomic mass is 16.5. The molecule has 1 saturated heterocycles. The van der Waals surface area contributed by atoms with Crippen molar-refractivity contribution in [3.05, 3.63) is 29.3 Å². The Morgan fingerprint density at radius 1 is 1.26 bits per heavy atom. The van der Waals surface area contributed by atoms with Crippen molar-refractivity contribution in [2.24, 2.45) is 0 Å². The van der Waals surface area contributed by atoms with Crippen molar-refractivity contribution < 1.29 is 4.74 Å². The summed E-state index contributed by atoms with van der Waals surface area (Å²) in [6, 6.07) is 7.50. The van der Waals surface area contributed by atoms with E-state index < -0.39 is 0 Å². The summed E-state index contributed by atoms with van der Waals surface area (Å²) >= 11 is 0. The molecule has 1 N–H and O–H groups in total. The van der Waals surface area contributed by atoms with E-state index in [-0.39, 0.29) is 0 Å². The lowest BCUT2D eigenvalue weighted by Gasteiger charge is -2.38. The Balaban J connectivity index is 1.90. The minimum atomic E-state index is 0.568. The predicted molar refractivity (Wildman–Crippen MR) is 78.8 cm³/mol. The lowest BCUT2D eigenvalue weighted by molar-refractivity contribution is 0.0144. The lowest BCUT2D eigenvalue weighted by atomic mass is 9.91. The Kier molecular flexibility index (Phi) is 3.76. The van der Waals surface area contributed by atoms with Crippen molar-refractivity contribution >= 4 is 5.69 Å². The van der Waals surface area contributed by atoms with Gasteiger partial charge in [0.15, 0.2) is 0 Å². The number of anilines is 1. The summed E-state index contributed by atoms with van der Waals surface area (Å²) in [7, 11) is 0. The molecule has 0 aromatic heterocycles. The van der Waals surface area contributed by atoms with E-state index in [1.807, 2.05) is 0 Å². The van der Waals surface area contributed by atoms with Gasteiger partial charge in [-0.15, -0.1) is 0 Å². The van der Waals surface area contributed by atoms with Crippen LogP contribution in [0.25, 0.3) is 0 Å². The van der Waals surface area contributed by atoms with Crippen LogP contribution in [0, 0.1) is 0 Å². The Bertz CT molecular complexity index is 438. The van der Waals surface area contributed by atoms with Gasteiger partial charge >= 0.3 is 0 Å². The SMILES string of the molecule is CC(C)c1ccc2c(c1)C(N1CCOCC1)CCN2. The lowest BCUT2D eigenvalue weighted by Crippen LogP contribution is -2.41. The van der Waals surface area contributed by atoms with E-state index >= 15 is 0 Å². The van der Waals surface area contributed by atoms with Crippen LogP contribution in [0.5, 0.6) is 0 Å². The number of morpholine rings is 1. The molecule has 0 bridgehead atoms. The van der Waals surface area contributed by atoms with E-state index in [1.165, 1.54) is 23.2 Å². The van der Waals surface area contributed by atoms with Gasteiger partial charge in [0, 0.05) is 31.4 Å². The van der Waals surface area contributed by atoms with Crippen LogP contribution in [0.2, 0.25) is 0 Å². The second kappa shape index (κ2) is 5.51. The maximum atomic E-state index is 5.48. The second-order valence-corrected chi connectivity index (χ2v) is 5.88. The first-order valence-electron chi connectivity index (χ1n) is 7.45. The van der Waals surface area contributed by atoms with Crippen LogP contribution < -0.4 is 5.32 Å². The maximum Gasteiger partial charge on any atom is 0.0594 e. The maximum absolute atomic E-state index is 5.48. The molecule has 1 atom stereocenters. The van der Waals surface area contributed by atoms with Gasteiger partial charge in [0.2, 0.25) is 0 Å². The second-order valence-electron chi connectivity index (χ2n) is 5.88. The summed E-state index contributed by atoms with van der Waals surface area (Å²) < 4.78 is 5.48. The Hall–Kier alpha value is -1.06. The third kappa shape index (κ3) is 2.63. The van der Waals surface area contributed by atoms with Crippen molar-refractivity contribution in [2.45, 2.75) is 32.2 Å². The van der Waals surface area contributed by atoms with Crippen LogP contribution >= 0.6 is 0 Å². The minimum Gasteiger partial charge on any atom is -0.385 e. The number of fused-ring (bicyclic) bond motifs is 1. The largest absolute Gasteiger partial charge is 0.385 e. The number of nitrogens with one attached hydrogen (secondary N) is 1. The van der Waals surface area contributed by atoms with Gasteiger partial charge in [-0.2, -0.15) is 0 Å². The first-order chi connectivity index (χ1) is 9.25. The van der Waals surface area contributed by atoms with Crippen LogP contribution in [0.4, 0.5) is 5.69 Å². The summed E-state index contributed by atoms with van der Waals surface area (Å²) in [5, 5.41) is 3.54. The van der Waals surface area contributed by atoms with E-state index in [1.54, 1.807) is 0 Å². The molecule has 3 rings (SSSR count). The molecule has 19 heavy (non-hydrogen) atoms. The van der Waals surface area contributed by atoms with Crippen molar-refractivity contribution in [1.82, 2.24) is 4.90 Å². The molecule has 0 saturated carbocycles. The molecule has 3 nitrogen and oxygen atoms in total. The number of hydrogen-bond acceptors (Lipinski definition) is 3. The zero-order valence-electron chi connectivity index (χ0n) is 12.0. The van der Waals surface area contributed by atoms with Gasteiger partial charge < -0.3 is 10.1 Å². The number of rotatable bonds is 2. The van der Waals surface area contributed by atoms with Gasteiger partial charge in [-0.25, -0.2) is 0 Å². The van der Waals surface area contributed by atoms with Gasteiger partial charge in [-0.05, 0) is 29.5 Å². The van der Waals surface area contributed by atoms with Gasteiger partial charge in [0.25, 0.3) is 0 Å². The predicted octanol–water partition coefficient (Wildman–Crippen LogP) is 3.00. The highest BCUT2D eigenvalue weighted by Crippen LogP contribution is 2.36. The normalized spacial score (nSPS) is 24.1. The first kappa shape index (κ1) is 12.9. The molecule has 1 unspecified atom stereocenters. The van der Waals surface area contributed by atoms with E-state index in [9.17, 15) is 0 Å². The van der Waals surface area contributed by atoms with Gasteiger partial charge in [0.05, 0.1) is 13.2 Å². The molecule has 1 aromatic carbocycles. The fourth-order valence-corrected chi connectivity index (χ4v) is 3.14. The third-order valence-corrected chi connectivity index (χ3v) is 4.32. The highest BCUT2D eigenvalue weighted by Gasteiger charge is 2.27. The average molecular weight is 260 g/mol. The molecule has 2 aliphatic rings. The fourth-order valence-electron chi connectivity index (χ4n) is 3.14. The summed E-state index contributed by atoms with van der Waals surface area (Å²) in [6.07, 6.45) is 1.20. The average Bonchev–Trinajstić information content (AvgIpc) is 2.47. The van der Waals surface area contributed by atoms with Gasteiger partial charge in [-0.1, -0.05) is 26.0 Å². The van der Waals surface area contributed by atoms with Crippen LogP contribution in [-0.4, -0.2) is 37.7 Å². The summed E-state index contributed by atoms with van der Waals surface area (Å²) in [5.74, 6) is 0.595. The molecule has 3 heteroatoms.